The molecule has 0 fully saturated rings. The third-order valence-corrected chi connectivity index (χ3v) is 4.45. The molecule has 0 aromatic heterocycles. The van der Waals surface area contributed by atoms with Gasteiger partial charge in [-0.1, -0.05) is 71.1 Å². The van der Waals surface area contributed by atoms with Crippen LogP contribution in [0.3, 0.4) is 0 Å². The molecule has 0 N–H and O–H groups in total. The van der Waals surface area contributed by atoms with Crippen molar-refractivity contribution in [3.8, 4) is 5.75 Å². The van der Waals surface area contributed by atoms with E-state index >= 15 is 0 Å². The average molecular weight is 347 g/mol. The summed E-state index contributed by atoms with van der Waals surface area (Å²) in [5, 5.41) is 0. The first kappa shape index (κ1) is 21.4. The van der Waals surface area contributed by atoms with E-state index in [0.717, 1.165) is 12.8 Å². The number of ketones is 1. The number of ether oxygens (including phenoxy) is 1. The number of carbonyl (C=O) groups excluding carboxylic acids is 2. The van der Waals surface area contributed by atoms with Crippen molar-refractivity contribution in [3.63, 3.8) is 0 Å². The molecule has 0 saturated carbocycles. The first-order chi connectivity index (χ1) is 12.1. The lowest BCUT2D eigenvalue weighted by Crippen LogP contribution is -2.02. The second-order valence-corrected chi connectivity index (χ2v) is 6.83. The van der Waals surface area contributed by atoms with Gasteiger partial charge in [-0.25, -0.2) is 0 Å². The quantitative estimate of drug-likeness (QED) is 0.167. The smallest absolute Gasteiger partial charge is 0.308 e. The van der Waals surface area contributed by atoms with Gasteiger partial charge in [0.05, 0.1) is 0 Å². The molecule has 0 unspecified atom stereocenters. The number of Topliss-reactive ketones (excluding diaryl/α,β-unsaturated/α-hetero) is 1. The summed E-state index contributed by atoms with van der Waals surface area (Å²) in [5.74, 6) is 0.309. The number of hydrogen-bond donors (Lipinski definition) is 0. The number of rotatable bonds is 14. The van der Waals surface area contributed by atoms with Gasteiger partial charge in [0.15, 0.2) is 5.78 Å². The highest BCUT2D eigenvalue weighted by Crippen LogP contribution is 2.16. The lowest BCUT2D eigenvalue weighted by atomic mass is 10.0. The Morgan fingerprint density at radius 2 is 1.24 bits per heavy atom. The molecule has 1 aromatic rings. The lowest BCUT2D eigenvalue weighted by molar-refractivity contribution is -0.131. The van der Waals surface area contributed by atoms with Crippen molar-refractivity contribution in [1.82, 2.24) is 0 Å². The largest absolute Gasteiger partial charge is 0.427 e. The summed E-state index contributed by atoms with van der Waals surface area (Å²) >= 11 is 0. The highest BCUT2D eigenvalue weighted by Gasteiger charge is 2.06. The van der Waals surface area contributed by atoms with Gasteiger partial charge in [0.1, 0.15) is 5.75 Å². The van der Waals surface area contributed by atoms with Crippen molar-refractivity contribution >= 4 is 11.8 Å². The highest BCUT2D eigenvalue weighted by molar-refractivity contribution is 5.96. The minimum absolute atomic E-state index is 0.172. The molecule has 0 saturated heterocycles. The van der Waals surface area contributed by atoms with E-state index in [1.807, 2.05) is 0 Å². The molecule has 0 aliphatic carbocycles. The molecular formula is C22H34O3. The van der Waals surface area contributed by atoms with Crippen LogP contribution in [0.5, 0.6) is 5.75 Å². The van der Waals surface area contributed by atoms with E-state index in [2.05, 4.69) is 6.92 Å². The van der Waals surface area contributed by atoms with E-state index < -0.39 is 0 Å². The van der Waals surface area contributed by atoms with Crippen LogP contribution in [-0.4, -0.2) is 11.8 Å². The molecule has 140 valence electrons. The minimum atomic E-state index is -0.347. The van der Waals surface area contributed by atoms with Crippen LogP contribution in [0, 0.1) is 0 Å². The standard InChI is InChI=1S/C22H34O3/c1-3-4-5-6-7-8-9-10-11-12-13-14-22(24)20-15-17-21(18-16-20)25-19(2)23/h15-18H,3-14H2,1-2H3. The molecule has 0 atom stereocenters. The van der Waals surface area contributed by atoms with Gasteiger partial charge in [0, 0.05) is 18.9 Å². The topological polar surface area (TPSA) is 43.4 Å². The maximum atomic E-state index is 12.1. The van der Waals surface area contributed by atoms with Crippen LogP contribution in [0.25, 0.3) is 0 Å². The van der Waals surface area contributed by atoms with Gasteiger partial charge in [-0.15, -0.1) is 0 Å². The van der Waals surface area contributed by atoms with Crippen LogP contribution in [0.4, 0.5) is 0 Å². The highest BCUT2D eigenvalue weighted by atomic mass is 16.5. The second-order valence-electron chi connectivity index (χ2n) is 6.83. The molecule has 25 heavy (non-hydrogen) atoms. The maximum Gasteiger partial charge on any atom is 0.308 e. The first-order valence-corrected chi connectivity index (χ1v) is 9.95. The molecule has 0 bridgehead atoms. The third-order valence-electron chi connectivity index (χ3n) is 4.45. The predicted molar refractivity (Wildman–Crippen MR) is 103 cm³/mol. The van der Waals surface area contributed by atoms with Crippen LogP contribution in [0.15, 0.2) is 24.3 Å². The molecular weight excluding hydrogens is 312 g/mol. The predicted octanol–water partition coefficient (Wildman–Crippen LogP) is 6.50. The summed E-state index contributed by atoms with van der Waals surface area (Å²) < 4.78 is 4.97. The maximum absolute atomic E-state index is 12.1. The third kappa shape index (κ3) is 10.8. The fraction of sp³-hybridized carbons (Fsp3) is 0.636. The Morgan fingerprint density at radius 3 is 1.72 bits per heavy atom. The fourth-order valence-corrected chi connectivity index (χ4v) is 2.97. The summed E-state index contributed by atoms with van der Waals surface area (Å²) in [7, 11) is 0. The van der Waals surface area contributed by atoms with E-state index in [1.165, 1.54) is 64.7 Å². The summed E-state index contributed by atoms with van der Waals surface area (Å²) in [6, 6.07) is 6.82. The molecule has 1 aromatic carbocycles. The molecule has 0 spiro atoms. The SMILES string of the molecule is CCCCCCCCCCCCCC(=O)c1ccc(OC(C)=O)cc1. The number of unbranched alkanes of at least 4 members (excludes halogenated alkanes) is 10. The van der Waals surface area contributed by atoms with Gasteiger partial charge in [0.25, 0.3) is 0 Å². The zero-order valence-electron chi connectivity index (χ0n) is 16.0. The number of benzene rings is 1. The minimum Gasteiger partial charge on any atom is -0.427 e. The van der Waals surface area contributed by atoms with Gasteiger partial charge in [-0.05, 0) is 30.7 Å². The van der Waals surface area contributed by atoms with Crippen LogP contribution in [-0.2, 0) is 4.79 Å². The van der Waals surface area contributed by atoms with Crippen molar-refractivity contribution in [2.24, 2.45) is 0 Å². The second kappa shape index (κ2) is 13.6. The van der Waals surface area contributed by atoms with Gasteiger partial charge in [-0.2, -0.15) is 0 Å². The van der Waals surface area contributed by atoms with Crippen molar-refractivity contribution < 1.29 is 14.3 Å². The molecule has 0 amide bonds. The summed E-state index contributed by atoms with van der Waals surface area (Å²) in [6.07, 6.45) is 14.7. The zero-order chi connectivity index (χ0) is 18.3. The van der Waals surface area contributed by atoms with E-state index in [9.17, 15) is 9.59 Å². The Hall–Kier alpha value is -1.64. The van der Waals surface area contributed by atoms with Crippen LogP contribution >= 0.6 is 0 Å². The fourth-order valence-electron chi connectivity index (χ4n) is 2.97. The molecule has 1 rings (SSSR count). The Morgan fingerprint density at radius 1 is 0.760 bits per heavy atom. The Kier molecular flexibility index (Phi) is 11.7. The molecule has 0 radical (unpaired) electrons. The monoisotopic (exact) mass is 346 g/mol. The Balaban J connectivity index is 2.04. The lowest BCUT2D eigenvalue weighted by Gasteiger charge is -2.04. The normalized spacial score (nSPS) is 10.6. The van der Waals surface area contributed by atoms with Crippen molar-refractivity contribution in [2.45, 2.75) is 90.9 Å². The van der Waals surface area contributed by atoms with E-state index in [1.54, 1.807) is 24.3 Å². The van der Waals surface area contributed by atoms with Crippen LogP contribution in [0.1, 0.15) is 101 Å². The zero-order valence-corrected chi connectivity index (χ0v) is 16.0. The summed E-state index contributed by atoms with van der Waals surface area (Å²) in [5.41, 5.74) is 0.697. The Bertz CT molecular complexity index is 490. The number of esters is 1. The average Bonchev–Trinajstić information content (AvgIpc) is 2.59. The van der Waals surface area contributed by atoms with Gasteiger partial charge < -0.3 is 4.74 Å². The number of hydrogen-bond acceptors (Lipinski definition) is 3. The van der Waals surface area contributed by atoms with Gasteiger partial charge >= 0.3 is 5.97 Å². The first-order valence-electron chi connectivity index (χ1n) is 9.95. The summed E-state index contributed by atoms with van der Waals surface area (Å²) in [6.45, 7) is 3.62. The van der Waals surface area contributed by atoms with Gasteiger partial charge in [-0.3, -0.25) is 9.59 Å². The molecule has 3 heteroatoms. The van der Waals surface area contributed by atoms with Crippen LogP contribution < -0.4 is 4.74 Å². The van der Waals surface area contributed by atoms with Crippen molar-refractivity contribution in [3.05, 3.63) is 29.8 Å². The summed E-state index contributed by atoms with van der Waals surface area (Å²) in [4.78, 5) is 23.0. The van der Waals surface area contributed by atoms with Crippen LogP contribution in [0.2, 0.25) is 0 Å². The van der Waals surface area contributed by atoms with E-state index in [-0.39, 0.29) is 11.8 Å². The van der Waals surface area contributed by atoms with E-state index in [4.69, 9.17) is 4.74 Å². The Labute approximate surface area is 153 Å². The van der Waals surface area contributed by atoms with Crippen molar-refractivity contribution in [2.75, 3.05) is 0 Å². The molecule has 0 aliphatic heterocycles. The molecule has 0 heterocycles. The van der Waals surface area contributed by atoms with Gasteiger partial charge in [0.2, 0.25) is 0 Å². The molecule has 0 aliphatic rings. The van der Waals surface area contributed by atoms with Crippen molar-refractivity contribution in [1.29, 1.82) is 0 Å². The van der Waals surface area contributed by atoms with E-state index in [0.29, 0.717) is 17.7 Å². The molecule has 3 nitrogen and oxygen atoms in total. The number of carbonyl (C=O) groups is 2.